The molecule has 25 heavy (non-hydrogen) atoms. The predicted octanol–water partition coefficient (Wildman–Crippen LogP) is 2.87. The van der Waals surface area contributed by atoms with Crippen LogP contribution in [0.4, 0.5) is 0 Å². The SMILES string of the molecule is O=C(CCCCC(=O)NN=Cc1ccc(-c2ccccc2)cc1)NO. The molecule has 0 atom stereocenters. The van der Waals surface area contributed by atoms with Gasteiger partial charge in [-0.25, -0.2) is 10.9 Å². The first kappa shape index (κ1) is 18.4. The highest BCUT2D eigenvalue weighted by atomic mass is 16.5. The molecule has 0 fully saturated rings. The lowest BCUT2D eigenvalue weighted by molar-refractivity contribution is -0.129. The molecule has 0 bridgehead atoms. The molecule has 2 aromatic carbocycles. The van der Waals surface area contributed by atoms with Gasteiger partial charge in [0.05, 0.1) is 6.21 Å². The summed E-state index contributed by atoms with van der Waals surface area (Å²) in [6.07, 6.45) is 3.15. The molecule has 2 aromatic rings. The van der Waals surface area contributed by atoms with Gasteiger partial charge < -0.3 is 0 Å². The number of unbranched alkanes of at least 4 members (excludes halogenated alkanes) is 1. The van der Waals surface area contributed by atoms with Crippen LogP contribution in [0, 0.1) is 0 Å². The second-order valence-corrected chi connectivity index (χ2v) is 5.52. The zero-order valence-electron chi connectivity index (χ0n) is 13.8. The number of nitrogens with zero attached hydrogens (tertiary/aromatic N) is 1. The van der Waals surface area contributed by atoms with Crippen LogP contribution in [-0.2, 0) is 9.59 Å². The van der Waals surface area contributed by atoms with Gasteiger partial charge in [-0.2, -0.15) is 5.10 Å². The van der Waals surface area contributed by atoms with Crippen LogP contribution in [0.25, 0.3) is 11.1 Å². The average Bonchev–Trinajstić information content (AvgIpc) is 2.66. The first-order valence-corrected chi connectivity index (χ1v) is 8.09. The van der Waals surface area contributed by atoms with Gasteiger partial charge in [-0.1, -0.05) is 54.6 Å². The summed E-state index contributed by atoms with van der Waals surface area (Å²) < 4.78 is 0. The van der Waals surface area contributed by atoms with E-state index in [0.29, 0.717) is 12.8 Å². The lowest BCUT2D eigenvalue weighted by atomic mass is 10.0. The van der Waals surface area contributed by atoms with Gasteiger partial charge >= 0.3 is 0 Å². The van der Waals surface area contributed by atoms with Gasteiger partial charge in [-0.15, -0.1) is 0 Å². The van der Waals surface area contributed by atoms with E-state index in [4.69, 9.17) is 5.21 Å². The van der Waals surface area contributed by atoms with Gasteiger partial charge in [0.2, 0.25) is 11.8 Å². The molecular weight excluding hydrogens is 318 g/mol. The van der Waals surface area contributed by atoms with Crippen molar-refractivity contribution < 1.29 is 14.8 Å². The van der Waals surface area contributed by atoms with Crippen LogP contribution in [-0.4, -0.2) is 23.2 Å². The monoisotopic (exact) mass is 339 g/mol. The van der Waals surface area contributed by atoms with Crippen LogP contribution in [0.1, 0.15) is 31.2 Å². The van der Waals surface area contributed by atoms with Crippen LogP contribution in [0.3, 0.4) is 0 Å². The number of benzene rings is 2. The minimum Gasteiger partial charge on any atom is -0.289 e. The van der Waals surface area contributed by atoms with Gasteiger partial charge in [0.1, 0.15) is 0 Å². The first-order valence-electron chi connectivity index (χ1n) is 8.09. The van der Waals surface area contributed by atoms with E-state index >= 15 is 0 Å². The smallest absolute Gasteiger partial charge is 0.243 e. The zero-order chi connectivity index (χ0) is 17.9. The molecular formula is C19H21N3O3. The molecule has 3 N–H and O–H groups in total. The first-order chi connectivity index (χ1) is 12.2. The Bertz CT molecular complexity index is 712. The molecule has 130 valence electrons. The number of hydrogen-bond donors (Lipinski definition) is 3. The molecule has 0 aliphatic rings. The van der Waals surface area contributed by atoms with Crippen molar-refractivity contribution in [2.24, 2.45) is 5.10 Å². The Morgan fingerprint density at radius 2 is 1.48 bits per heavy atom. The van der Waals surface area contributed by atoms with E-state index in [9.17, 15) is 9.59 Å². The zero-order valence-corrected chi connectivity index (χ0v) is 13.8. The highest BCUT2D eigenvalue weighted by Gasteiger charge is 2.02. The summed E-state index contributed by atoms with van der Waals surface area (Å²) in [5, 5.41) is 12.3. The molecule has 0 spiro atoms. The minimum atomic E-state index is -0.447. The van der Waals surface area contributed by atoms with Gasteiger partial charge in [0.25, 0.3) is 0 Å². The largest absolute Gasteiger partial charge is 0.289 e. The van der Waals surface area contributed by atoms with Gasteiger partial charge in [0, 0.05) is 12.8 Å². The average molecular weight is 339 g/mol. The van der Waals surface area contributed by atoms with Crippen LogP contribution >= 0.6 is 0 Å². The molecule has 0 unspecified atom stereocenters. The minimum absolute atomic E-state index is 0.195. The lowest BCUT2D eigenvalue weighted by Gasteiger charge is -2.02. The molecule has 2 rings (SSSR count). The lowest BCUT2D eigenvalue weighted by Crippen LogP contribution is -2.19. The van der Waals surface area contributed by atoms with E-state index < -0.39 is 5.91 Å². The molecule has 0 aliphatic heterocycles. The van der Waals surface area contributed by atoms with Crippen molar-refractivity contribution in [2.45, 2.75) is 25.7 Å². The summed E-state index contributed by atoms with van der Waals surface area (Å²) in [4.78, 5) is 22.4. The summed E-state index contributed by atoms with van der Waals surface area (Å²) in [6.45, 7) is 0. The summed E-state index contributed by atoms with van der Waals surface area (Å²) in [5.74, 6) is -0.654. The predicted molar refractivity (Wildman–Crippen MR) is 96.0 cm³/mol. The number of hydroxylamine groups is 1. The van der Waals surface area contributed by atoms with Crippen molar-refractivity contribution in [1.29, 1.82) is 0 Å². The summed E-state index contributed by atoms with van der Waals surface area (Å²) in [5.41, 5.74) is 7.17. The van der Waals surface area contributed by atoms with Crippen LogP contribution in [0.15, 0.2) is 59.7 Å². The molecule has 6 nitrogen and oxygen atoms in total. The Kier molecular flexibility index (Phi) is 7.34. The number of rotatable bonds is 8. The van der Waals surface area contributed by atoms with E-state index in [0.717, 1.165) is 16.7 Å². The second-order valence-electron chi connectivity index (χ2n) is 5.52. The fraction of sp³-hybridized carbons (Fsp3) is 0.211. The van der Waals surface area contributed by atoms with Crippen molar-refractivity contribution in [1.82, 2.24) is 10.9 Å². The number of amides is 2. The van der Waals surface area contributed by atoms with E-state index in [1.807, 2.05) is 54.6 Å². The number of hydrogen-bond acceptors (Lipinski definition) is 4. The van der Waals surface area contributed by atoms with E-state index in [1.165, 1.54) is 0 Å². The molecule has 0 radical (unpaired) electrons. The molecule has 0 aliphatic carbocycles. The number of nitrogens with one attached hydrogen (secondary N) is 2. The van der Waals surface area contributed by atoms with Gasteiger partial charge in [-0.05, 0) is 29.5 Å². The Morgan fingerprint density at radius 1 is 0.880 bits per heavy atom. The Labute approximate surface area is 146 Å². The third-order valence-electron chi connectivity index (χ3n) is 3.60. The quantitative estimate of drug-likeness (QED) is 0.299. The molecule has 2 amide bonds. The van der Waals surface area contributed by atoms with E-state index in [-0.39, 0.29) is 18.7 Å². The fourth-order valence-electron chi connectivity index (χ4n) is 2.25. The Hall–Kier alpha value is -2.99. The highest BCUT2D eigenvalue weighted by Crippen LogP contribution is 2.18. The van der Waals surface area contributed by atoms with Crippen LogP contribution < -0.4 is 10.9 Å². The van der Waals surface area contributed by atoms with Crippen molar-refractivity contribution in [3.63, 3.8) is 0 Å². The summed E-state index contributed by atoms with van der Waals surface area (Å²) in [6, 6.07) is 18.0. The van der Waals surface area contributed by atoms with E-state index in [2.05, 4.69) is 10.5 Å². The molecule has 0 saturated heterocycles. The van der Waals surface area contributed by atoms with Gasteiger partial charge in [0.15, 0.2) is 0 Å². The van der Waals surface area contributed by atoms with Crippen molar-refractivity contribution in [2.75, 3.05) is 0 Å². The maximum absolute atomic E-state index is 11.6. The highest BCUT2D eigenvalue weighted by molar-refractivity contribution is 5.83. The maximum Gasteiger partial charge on any atom is 0.243 e. The Balaban J connectivity index is 1.74. The van der Waals surface area contributed by atoms with Crippen molar-refractivity contribution >= 4 is 18.0 Å². The number of hydrazone groups is 1. The summed E-state index contributed by atoms with van der Waals surface area (Å²) >= 11 is 0. The number of carbonyl (C=O) groups is 2. The van der Waals surface area contributed by atoms with Crippen molar-refractivity contribution in [3.05, 3.63) is 60.2 Å². The van der Waals surface area contributed by atoms with Crippen LogP contribution in [0.5, 0.6) is 0 Å². The van der Waals surface area contributed by atoms with E-state index in [1.54, 1.807) is 11.7 Å². The maximum atomic E-state index is 11.6. The standard InChI is InChI=1S/C19H21N3O3/c23-18(8-4-5-9-19(24)22-25)21-20-14-15-10-12-17(13-11-15)16-6-2-1-3-7-16/h1-3,6-7,10-14,25H,4-5,8-9H2,(H,21,23)(H,22,24). The topological polar surface area (TPSA) is 90.8 Å². The van der Waals surface area contributed by atoms with Crippen LogP contribution in [0.2, 0.25) is 0 Å². The summed E-state index contributed by atoms with van der Waals surface area (Å²) in [7, 11) is 0. The normalized spacial score (nSPS) is 10.6. The Morgan fingerprint density at radius 3 is 2.12 bits per heavy atom. The molecule has 6 heteroatoms. The number of carbonyl (C=O) groups excluding carboxylic acids is 2. The third kappa shape index (κ3) is 6.56. The van der Waals surface area contributed by atoms with Gasteiger partial charge in [-0.3, -0.25) is 14.8 Å². The molecule has 0 aromatic heterocycles. The fourth-order valence-corrected chi connectivity index (χ4v) is 2.25. The second kappa shape index (κ2) is 10.00. The molecule has 0 heterocycles. The van der Waals surface area contributed by atoms with Crippen molar-refractivity contribution in [3.8, 4) is 11.1 Å². The molecule has 0 saturated carbocycles. The third-order valence-corrected chi connectivity index (χ3v) is 3.60.